The summed E-state index contributed by atoms with van der Waals surface area (Å²) in [5, 5.41) is 3.58. The molecule has 0 aliphatic heterocycles. The van der Waals surface area contributed by atoms with E-state index in [9.17, 15) is 0 Å². The van der Waals surface area contributed by atoms with Gasteiger partial charge in [-0.3, -0.25) is 0 Å². The monoisotopic (exact) mass is 307 g/mol. The molecule has 0 bridgehead atoms. The summed E-state index contributed by atoms with van der Waals surface area (Å²) in [6, 6.07) is 9.00. The fraction of sp³-hybridized carbons (Fsp3) is 0.625. The quantitative estimate of drug-likeness (QED) is 0.876. The predicted molar refractivity (Wildman–Crippen MR) is 79.9 cm³/mol. The summed E-state index contributed by atoms with van der Waals surface area (Å²) in [5.41, 5.74) is 2.67. The average Bonchev–Trinajstić information content (AvgIpc) is 2.27. The number of halogens is 1. The predicted octanol–water partition coefficient (Wildman–Crippen LogP) is 4.26. The maximum Gasteiger partial charge on any atom is 0.0175 e. The molecule has 1 N–H and O–H groups in total. The lowest BCUT2D eigenvalue weighted by Crippen LogP contribution is -2.57. The van der Waals surface area contributed by atoms with E-state index < -0.39 is 0 Å². The highest BCUT2D eigenvalue weighted by molar-refractivity contribution is 9.10. The van der Waals surface area contributed by atoms with Crippen LogP contribution in [-0.2, 0) is 5.41 Å². The Hall–Kier alpha value is -0.340. The molecule has 0 unspecified atom stereocenters. The molecule has 2 aliphatic carbocycles. The Balaban J connectivity index is 1.80. The molecule has 0 amide bonds. The molecule has 3 rings (SSSR count). The highest BCUT2D eigenvalue weighted by Crippen LogP contribution is 2.64. The molecule has 1 nitrogen and oxygen atoms in total. The third-order valence-electron chi connectivity index (χ3n) is 5.01. The number of likely N-dealkylation sites (N-methyl/N-ethyl adjacent to an activating group) is 1. The van der Waals surface area contributed by atoms with E-state index in [-0.39, 0.29) is 0 Å². The van der Waals surface area contributed by atoms with Gasteiger partial charge in [-0.1, -0.05) is 41.4 Å². The summed E-state index contributed by atoms with van der Waals surface area (Å²) in [4.78, 5) is 0. The van der Waals surface area contributed by atoms with Crippen LogP contribution in [0.4, 0.5) is 0 Å². The number of nitrogens with one attached hydrogen (secondary N) is 1. The maximum atomic E-state index is 3.58. The fourth-order valence-corrected chi connectivity index (χ4v) is 4.28. The molecule has 2 fully saturated rings. The first-order valence-electron chi connectivity index (χ1n) is 7.15. The number of benzene rings is 1. The molecule has 0 radical (unpaired) electrons. The van der Waals surface area contributed by atoms with Gasteiger partial charge in [0.1, 0.15) is 0 Å². The van der Waals surface area contributed by atoms with Crippen LogP contribution >= 0.6 is 15.9 Å². The van der Waals surface area contributed by atoms with Crippen LogP contribution in [0.3, 0.4) is 0 Å². The van der Waals surface area contributed by atoms with Gasteiger partial charge in [-0.25, -0.2) is 0 Å². The molecule has 1 aromatic rings. The third kappa shape index (κ3) is 2.04. The zero-order chi connectivity index (χ0) is 12.6. The van der Waals surface area contributed by atoms with E-state index >= 15 is 0 Å². The molecular weight excluding hydrogens is 286 g/mol. The molecule has 0 aromatic heterocycles. The summed E-state index contributed by atoms with van der Waals surface area (Å²) in [7, 11) is 0. The highest BCUT2D eigenvalue weighted by atomic mass is 79.9. The van der Waals surface area contributed by atoms with E-state index in [1.807, 2.05) is 0 Å². The lowest BCUT2D eigenvalue weighted by atomic mass is 9.44. The molecule has 2 aliphatic rings. The van der Waals surface area contributed by atoms with Crippen molar-refractivity contribution in [1.82, 2.24) is 5.32 Å². The van der Waals surface area contributed by atoms with Crippen LogP contribution in [0.25, 0.3) is 0 Å². The second-order valence-electron chi connectivity index (χ2n) is 6.27. The van der Waals surface area contributed by atoms with E-state index in [2.05, 4.69) is 52.4 Å². The zero-order valence-corrected chi connectivity index (χ0v) is 12.7. The molecule has 2 heteroatoms. The minimum atomic E-state index is 0.414. The van der Waals surface area contributed by atoms with Gasteiger partial charge in [0.15, 0.2) is 0 Å². The Morgan fingerprint density at radius 1 is 1.17 bits per heavy atom. The Labute approximate surface area is 118 Å². The molecule has 0 heterocycles. The van der Waals surface area contributed by atoms with Crippen molar-refractivity contribution in [3.05, 3.63) is 34.3 Å². The fourth-order valence-electron chi connectivity index (χ4n) is 4.01. The van der Waals surface area contributed by atoms with Gasteiger partial charge in [-0.2, -0.15) is 0 Å². The van der Waals surface area contributed by atoms with E-state index in [1.165, 1.54) is 42.1 Å². The van der Waals surface area contributed by atoms with Crippen LogP contribution in [0.15, 0.2) is 28.7 Å². The van der Waals surface area contributed by atoms with Crippen molar-refractivity contribution in [3.63, 3.8) is 0 Å². The molecule has 2 saturated carbocycles. The topological polar surface area (TPSA) is 12.0 Å². The van der Waals surface area contributed by atoms with E-state index in [1.54, 1.807) is 0 Å². The summed E-state index contributed by atoms with van der Waals surface area (Å²) in [5.74, 6) is 0. The molecular formula is C16H22BrN. The van der Waals surface area contributed by atoms with Crippen LogP contribution in [0, 0.1) is 5.41 Å². The van der Waals surface area contributed by atoms with E-state index in [0.717, 1.165) is 18.5 Å². The Morgan fingerprint density at radius 2 is 1.83 bits per heavy atom. The normalized spacial score (nSPS) is 23.4. The van der Waals surface area contributed by atoms with Crippen molar-refractivity contribution >= 4 is 15.9 Å². The minimum Gasteiger partial charge on any atom is -0.316 e. The smallest absolute Gasteiger partial charge is 0.0175 e. The summed E-state index contributed by atoms with van der Waals surface area (Å²) in [6.45, 7) is 4.42. The SMILES string of the molecule is CCNCC1(c2ccc(Br)cc2)CC2(CCC2)C1. The number of hydrogen-bond donors (Lipinski definition) is 1. The summed E-state index contributed by atoms with van der Waals surface area (Å²) < 4.78 is 1.18. The van der Waals surface area contributed by atoms with Crippen LogP contribution in [0.1, 0.15) is 44.6 Å². The molecule has 98 valence electrons. The molecule has 1 spiro atoms. The first-order chi connectivity index (χ1) is 8.68. The summed E-state index contributed by atoms with van der Waals surface area (Å²) >= 11 is 3.54. The van der Waals surface area contributed by atoms with Crippen molar-refractivity contribution in [1.29, 1.82) is 0 Å². The lowest BCUT2D eigenvalue weighted by molar-refractivity contribution is -0.0480. The van der Waals surface area contributed by atoms with E-state index in [4.69, 9.17) is 0 Å². The maximum absolute atomic E-state index is 3.58. The minimum absolute atomic E-state index is 0.414. The third-order valence-corrected chi connectivity index (χ3v) is 5.54. The van der Waals surface area contributed by atoms with Gasteiger partial charge >= 0.3 is 0 Å². The highest BCUT2D eigenvalue weighted by Gasteiger charge is 2.57. The summed E-state index contributed by atoms with van der Waals surface area (Å²) in [6.07, 6.45) is 7.19. The van der Waals surface area contributed by atoms with Crippen LogP contribution in [0.2, 0.25) is 0 Å². The average molecular weight is 308 g/mol. The number of rotatable bonds is 4. The second-order valence-corrected chi connectivity index (χ2v) is 7.19. The van der Waals surface area contributed by atoms with Gasteiger partial charge in [0, 0.05) is 16.4 Å². The van der Waals surface area contributed by atoms with Crippen molar-refractivity contribution in [2.75, 3.05) is 13.1 Å². The van der Waals surface area contributed by atoms with Crippen molar-refractivity contribution in [2.24, 2.45) is 5.41 Å². The van der Waals surface area contributed by atoms with Crippen molar-refractivity contribution in [3.8, 4) is 0 Å². The van der Waals surface area contributed by atoms with Gasteiger partial charge in [0.05, 0.1) is 0 Å². The van der Waals surface area contributed by atoms with Gasteiger partial charge in [-0.15, -0.1) is 0 Å². The Kier molecular flexibility index (Phi) is 3.27. The Morgan fingerprint density at radius 3 is 2.33 bits per heavy atom. The molecule has 0 saturated heterocycles. The zero-order valence-electron chi connectivity index (χ0n) is 11.1. The van der Waals surface area contributed by atoms with Gasteiger partial charge in [-0.05, 0) is 55.3 Å². The van der Waals surface area contributed by atoms with Crippen molar-refractivity contribution in [2.45, 2.75) is 44.4 Å². The first kappa shape index (κ1) is 12.7. The molecule has 18 heavy (non-hydrogen) atoms. The second kappa shape index (κ2) is 4.64. The van der Waals surface area contributed by atoms with Crippen LogP contribution < -0.4 is 5.32 Å². The lowest BCUT2D eigenvalue weighted by Gasteiger charge is -2.61. The molecule has 0 atom stereocenters. The van der Waals surface area contributed by atoms with E-state index in [0.29, 0.717) is 5.41 Å². The van der Waals surface area contributed by atoms with Crippen LogP contribution in [0.5, 0.6) is 0 Å². The van der Waals surface area contributed by atoms with Crippen molar-refractivity contribution < 1.29 is 0 Å². The van der Waals surface area contributed by atoms with Gasteiger partial charge in [0.25, 0.3) is 0 Å². The van der Waals surface area contributed by atoms with Crippen LogP contribution in [-0.4, -0.2) is 13.1 Å². The number of hydrogen-bond acceptors (Lipinski definition) is 1. The molecule has 1 aromatic carbocycles. The Bertz CT molecular complexity index is 411. The largest absolute Gasteiger partial charge is 0.316 e. The van der Waals surface area contributed by atoms with Gasteiger partial charge < -0.3 is 5.32 Å². The van der Waals surface area contributed by atoms with Gasteiger partial charge in [0.2, 0.25) is 0 Å². The first-order valence-corrected chi connectivity index (χ1v) is 7.94. The standard InChI is InChI=1S/C16H22BrN/c1-2-18-12-16(10-15(11-16)8-3-9-15)13-4-6-14(17)7-5-13/h4-7,18H,2-3,8-12H2,1H3.